The second-order valence-corrected chi connectivity index (χ2v) is 4.42. The Hall–Kier alpha value is -1.06. The van der Waals surface area contributed by atoms with E-state index >= 15 is 0 Å². The van der Waals surface area contributed by atoms with Gasteiger partial charge in [-0.15, -0.1) is 12.4 Å². The smallest absolute Gasteiger partial charge is 0.251 e. The molecule has 1 aliphatic rings. The van der Waals surface area contributed by atoms with Crippen molar-refractivity contribution < 1.29 is 4.79 Å². The number of rotatable bonds is 2. The molecule has 1 aliphatic heterocycles. The van der Waals surface area contributed by atoms with E-state index in [1.54, 1.807) is 0 Å². The molecule has 0 saturated carbocycles. The minimum atomic E-state index is 0. The molecule has 17 heavy (non-hydrogen) atoms. The third-order valence-corrected chi connectivity index (χ3v) is 3.18. The van der Waals surface area contributed by atoms with Crippen molar-refractivity contribution in [3.63, 3.8) is 0 Å². The zero-order valence-electron chi connectivity index (χ0n) is 9.98. The number of amides is 1. The molecule has 1 heterocycles. The molecule has 2 N–H and O–H groups in total. The zero-order valence-corrected chi connectivity index (χ0v) is 10.8. The lowest BCUT2D eigenvalue weighted by Crippen LogP contribution is -2.50. The van der Waals surface area contributed by atoms with Gasteiger partial charge in [0.15, 0.2) is 0 Å². The average molecular weight is 255 g/mol. The van der Waals surface area contributed by atoms with E-state index in [4.69, 9.17) is 0 Å². The Morgan fingerprint density at radius 3 is 2.71 bits per heavy atom. The highest BCUT2D eigenvalue weighted by Gasteiger charge is 2.22. The van der Waals surface area contributed by atoms with E-state index in [-0.39, 0.29) is 24.4 Å². The Morgan fingerprint density at radius 2 is 2.06 bits per heavy atom. The number of carbonyl (C=O) groups is 1. The van der Waals surface area contributed by atoms with E-state index in [0.717, 1.165) is 25.1 Å². The van der Waals surface area contributed by atoms with Crippen molar-refractivity contribution in [1.29, 1.82) is 0 Å². The van der Waals surface area contributed by atoms with E-state index in [9.17, 15) is 4.79 Å². The Kier molecular flexibility index (Phi) is 5.45. The summed E-state index contributed by atoms with van der Waals surface area (Å²) in [4.78, 5) is 11.9. The van der Waals surface area contributed by atoms with Crippen LogP contribution in [0.5, 0.6) is 0 Å². The third kappa shape index (κ3) is 3.72. The van der Waals surface area contributed by atoms with E-state index in [2.05, 4.69) is 17.6 Å². The Labute approximate surface area is 108 Å². The molecule has 2 atom stereocenters. The first-order chi connectivity index (χ1) is 7.77. The molecule has 0 bridgehead atoms. The lowest BCUT2D eigenvalue weighted by Gasteiger charge is -2.30. The molecule has 1 saturated heterocycles. The number of hydrogen-bond donors (Lipinski definition) is 2. The molecule has 1 aromatic carbocycles. The molecule has 94 valence electrons. The molecule has 3 nitrogen and oxygen atoms in total. The van der Waals surface area contributed by atoms with Gasteiger partial charge in [-0.2, -0.15) is 0 Å². The van der Waals surface area contributed by atoms with Crippen LogP contribution in [-0.4, -0.2) is 25.0 Å². The predicted octanol–water partition coefficient (Wildman–Crippen LogP) is 1.84. The molecule has 1 aromatic rings. The summed E-state index contributed by atoms with van der Waals surface area (Å²) in [5.74, 6) is 0.579. The summed E-state index contributed by atoms with van der Waals surface area (Å²) in [5, 5.41) is 6.39. The van der Waals surface area contributed by atoms with Gasteiger partial charge in [-0.25, -0.2) is 0 Å². The number of carbonyl (C=O) groups excluding carboxylic acids is 1. The van der Waals surface area contributed by atoms with Crippen molar-refractivity contribution in [2.45, 2.75) is 19.4 Å². The molecule has 0 aromatic heterocycles. The Morgan fingerprint density at radius 1 is 1.35 bits per heavy atom. The highest BCUT2D eigenvalue weighted by atomic mass is 35.5. The molecule has 2 rings (SSSR count). The van der Waals surface area contributed by atoms with Crippen molar-refractivity contribution in [2.24, 2.45) is 5.92 Å². The van der Waals surface area contributed by atoms with Crippen LogP contribution in [0.1, 0.15) is 23.7 Å². The van der Waals surface area contributed by atoms with Crippen molar-refractivity contribution in [3.8, 4) is 0 Å². The molecule has 4 heteroatoms. The minimum Gasteiger partial charge on any atom is -0.348 e. The van der Waals surface area contributed by atoms with Gasteiger partial charge in [-0.3, -0.25) is 4.79 Å². The number of halogens is 1. The quantitative estimate of drug-likeness (QED) is 0.846. The van der Waals surface area contributed by atoms with Gasteiger partial charge in [-0.05, 0) is 31.0 Å². The average Bonchev–Trinajstić information content (AvgIpc) is 2.33. The molecule has 0 radical (unpaired) electrons. The standard InChI is InChI=1S/C13H18N2O.ClH/c1-10-7-8-14-9-12(10)15-13(16)11-5-3-2-4-6-11;/h2-6,10,12,14H,7-9H2,1H3,(H,15,16);1H. The number of piperidine rings is 1. The zero-order chi connectivity index (χ0) is 11.4. The fourth-order valence-electron chi connectivity index (χ4n) is 2.02. The summed E-state index contributed by atoms with van der Waals surface area (Å²) in [6.07, 6.45) is 1.12. The minimum absolute atomic E-state index is 0. The fraction of sp³-hybridized carbons (Fsp3) is 0.462. The molecule has 1 fully saturated rings. The van der Waals surface area contributed by atoms with Crippen LogP contribution in [0.15, 0.2) is 30.3 Å². The van der Waals surface area contributed by atoms with Gasteiger partial charge < -0.3 is 10.6 Å². The van der Waals surface area contributed by atoms with Gasteiger partial charge in [0.25, 0.3) is 5.91 Å². The van der Waals surface area contributed by atoms with Crippen LogP contribution >= 0.6 is 12.4 Å². The number of benzene rings is 1. The van der Waals surface area contributed by atoms with Crippen LogP contribution in [0.4, 0.5) is 0 Å². The van der Waals surface area contributed by atoms with Gasteiger partial charge in [-0.1, -0.05) is 25.1 Å². The van der Waals surface area contributed by atoms with Crippen LogP contribution in [0, 0.1) is 5.92 Å². The van der Waals surface area contributed by atoms with Crippen LogP contribution in [0.2, 0.25) is 0 Å². The summed E-state index contributed by atoms with van der Waals surface area (Å²) in [7, 11) is 0. The van der Waals surface area contributed by atoms with E-state index in [1.807, 2.05) is 30.3 Å². The fourth-order valence-corrected chi connectivity index (χ4v) is 2.02. The van der Waals surface area contributed by atoms with Crippen LogP contribution in [0.25, 0.3) is 0 Å². The van der Waals surface area contributed by atoms with Crippen molar-refractivity contribution in [1.82, 2.24) is 10.6 Å². The topological polar surface area (TPSA) is 41.1 Å². The first-order valence-electron chi connectivity index (χ1n) is 5.84. The maximum absolute atomic E-state index is 11.9. The van der Waals surface area contributed by atoms with E-state index < -0.39 is 0 Å². The van der Waals surface area contributed by atoms with Gasteiger partial charge in [0, 0.05) is 18.2 Å². The summed E-state index contributed by atoms with van der Waals surface area (Å²) in [6.45, 7) is 4.12. The number of hydrogen-bond acceptors (Lipinski definition) is 2. The summed E-state index contributed by atoms with van der Waals surface area (Å²) in [6, 6.07) is 9.63. The monoisotopic (exact) mass is 254 g/mol. The summed E-state index contributed by atoms with van der Waals surface area (Å²) < 4.78 is 0. The number of nitrogens with one attached hydrogen (secondary N) is 2. The SMILES string of the molecule is CC1CCNCC1NC(=O)c1ccccc1.Cl. The highest BCUT2D eigenvalue weighted by molar-refractivity contribution is 5.94. The Balaban J connectivity index is 0.00000144. The van der Waals surface area contributed by atoms with E-state index in [0.29, 0.717) is 5.92 Å². The third-order valence-electron chi connectivity index (χ3n) is 3.18. The lowest BCUT2D eigenvalue weighted by atomic mass is 9.94. The lowest BCUT2D eigenvalue weighted by molar-refractivity contribution is 0.0915. The molecule has 1 amide bonds. The molecule has 0 aliphatic carbocycles. The Bertz CT molecular complexity index is 356. The van der Waals surface area contributed by atoms with Crippen LogP contribution in [0.3, 0.4) is 0 Å². The highest BCUT2D eigenvalue weighted by Crippen LogP contribution is 2.11. The first kappa shape index (κ1) is 14.0. The molecule has 0 spiro atoms. The summed E-state index contributed by atoms with van der Waals surface area (Å²) in [5.41, 5.74) is 0.736. The normalized spacial score (nSPS) is 23.6. The molecule has 2 unspecified atom stereocenters. The second kappa shape index (κ2) is 6.62. The van der Waals surface area contributed by atoms with Crippen LogP contribution < -0.4 is 10.6 Å². The first-order valence-corrected chi connectivity index (χ1v) is 5.84. The van der Waals surface area contributed by atoms with Crippen molar-refractivity contribution in [2.75, 3.05) is 13.1 Å². The molecular formula is C13H19ClN2O. The molecular weight excluding hydrogens is 236 g/mol. The van der Waals surface area contributed by atoms with Gasteiger partial charge in [0.1, 0.15) is 0 Å². The van der Waals surface area contributed by atoms with E-state index in [1.165, 1.54) is 0 Å². The van der Waals surface area contributed by atoms with Gasteiger partial charge >= 0.3 is 0 Å². The van der Waals surface area contributed by atoms with Gasteiger partial charge in [0.05, 0.1) is 0 Å². The maximum atomic E-state index is 11.9. The second-order valence-electron chi connectivity index (χ2n) is 4.42. The summed E-state index contributed by atoms with van der Waals surface area (Å²) >= 11 is 0. The van der Waals surface area contributed by atoms with Crippen LogP contribution in [-0.2, 0) is 0 Å². The van der Waals surface area contributed by atoms with Crippen molar-refractivity contribution >= 4 is 18.3 Å². The largest absolute Gasteiger partial charge is 0.348 e. The maximum Gasteiger partial charge on any atom is 0.251 e. The van der Waals surface area contributed by atoms with Crippen molar-refractivity contribution in [3.05, 3.63) is 35.9 Å². The van der Waals surface area contributed by atoms with Gasteiger partial charge in [0.2, 0.25) is 0 Å². The predicted molar refractivity (Wildman–Crippen MR) is 71.6 cm³/mol.